The van der Waals surface area contributed by atoms with Crippen molar-refractivity contribution >= 4 is 22.8 Å². The smallest absolute Gasteiger partial charge is 0.311 e. The molecule has 2 aromatic rings. The van der Waals surface area contributed by atoms with Gasteiger partial charge in [-0.25, -0.2) is 0 Å². The summed E-state index contributed by atoms with van der Waals surface area (Å²) in [4.78, 5) is 23.9. The zero-order chi connectivity index (χ0) is 16.3. The minimum absolute atomic E-state index is 0.0963. The van der Waals surface area contributed by atoms with E-state index in [0.717, 1.165) is 10.9 Å². The zero-order valence-corrected chi connectivity index (χ0v) is 13.1. The summed E-state index contributed by atoms with van der Waals surface area (Å²) in [5.74, 6) is -1.23. The Morgan fingerprint density at radius 2 is 1.91 bits per heavy atom. The van der Waals surface area contributed by atoms with Gasteiger partial charge in [0.15, 0.2) is 5.69 Å². The molecule has 2 rings (SSSR count). The average Bonchev–Trinajstić information content (AvgIpc) is 2.86. The van der Waals surface area contributed by atoms with Crippen molar-refractivity contribution in [2.75, 3.05) is 6.54 Å². The van der Waals surface area contributed by atoms with Crippen molar-refractivity contribution in [1.29, 1.82) is 0 Å². The first-order chi connectivity index (χ1) is 10.4. The van der Waals surface area contributed by atoms with E-state index in [2.05, 4.69) is 10.4 Å². The molecule has 0 saturated carbocycles. The Hall–Kier alpha value is -2.37. The van der Waals surface area contributed by atoms with Crippen LogP contribution in [0, 0.1) is 5.41 Å². The number of rotatable bonds is 6. The molecule has 0 saturated heterocycles. The molecule has 2 N–H and O–H groups in total. The van der Waals surface area contributed by atoms with Gasteiger partial charge in [0.25, 0.3) is 5.91 Å². The third-order valence-corrected chi connectivity index (χ3v) is 4.37. The standard InChI is InChI=1S/C16H21N3O3/c1-4-16(5-2,15(21)22)10-17-14(20)13-11-8-6-7-9-12(11)19(3)18-13/h6-9H,4-5,10H2,1-3H3,(H,17,20)(H,21,22). The van der Waals surface area contributed by atoms with Gasteiger partial charge in [-0.05, 0) is 18.9 Å². The van der Waals surface area contributed by atoms with Gasteiger partial charge in [-0.15, -0.1) is 0 Å². The quantitative estimate of drug-likeness (QED) is 0.856. The molecule has 6 heteroatoms. The highest BCUT2D eigenvalue weighted by Crippen LogP contribution is 2.26. The van der Waals surface area contributed by atoms with Crippen molar-refractivity contribution in [3.63, 3.8) is 0 Å². The summed E-state index contributed by atoms with van der Waals surface area (Å²) in [6.07, 6.45) is 0.921. The Kier molecular flexibility index (Phi) is 4.49. The van der Waals surface area contributed by atoms with Gasteiger partial charge in [0.1, 0.15) is 0 Å². The van der Waals surface area contributed by atoms with Crippen LogP contribution >= 0.6 is 0 Å². The van der Waals surface area contributed by atoms with Crippen LogP contribution in [0.3, 0.4) is 0 Å². The van der Waals surface area contributed by atoms with Gasteiger partial charge in [0.2, 0.25) is 0 Å². The van der Waals surface area contributed by atoms with Gasteiger partial charge in [-0.1, -0.05) is 32.0 Å². The van der Waals surface area contributed by atoms with Crippen molar-refractivity contribution in [3.8, 4) is 0 Å². The number of nitrogens with zero attached hydrogens (tertiary/aromatic N) is 2. The van der Waals surface area contributed by atoms with Crippen LogP contribution in [0.25, 0.3) is 10.9 Å². The van der Waals surface area contributed by atoms with E-state index in [1.165, 1.54) is 0 Å². The molecule has 0 aliphatic heterocycles. The molecule has 1 aromatic heterocycles. The predicted octanol–water partition coefficient (Wildman–Crippen LogP) is 2.19. The highest BCUT2D eigenvalue weighted by atomic mass is 16.4. The molecule has 118 valence electrons. The molecule has 6 nitrogen and oxygen atoms in total. The lowest BCUT2D eigenvalue weighted by Gasteiger charge is -2.26. The molecular weight excluding hydrogens is 282 g/mol. The number of nitrogens with one attached hydrogen (secondary N) is 1. The number of benzene rings is 1. The van der Waals surface area contributed by atoms with Crippen molar-refractivity contribution in [1.82, 2.24) is 15.1 Å². The maximum absolute atomic E-state index is 12.4. The molecule has 0 spiro atoms. The summed E-state index contributed by atoms with van der Waals surface area (Å²) in [7, 11) is 1.78. The number of hydrogen-bond acceptors (Lipinski definition) is 3. The monoisotopic (exact) mass is 303 g/mol. The zero-order valence-electron chi connectivity index (χ0n) is 13.1. The number of carbonyl (C=O) groups excluding carboxylic acids is 1. The lowest BCUT2D eigenvalue weighted by Crippen LogP contribution is -2.42. The molecular formula is C16H21N3O3. The Morgan fingerprint density at radius 1 is 1.27 bits per heavy atom. The van der Waals surface area contributed by atoms with Crippen LogP contribution in [-0.4, -0.2) is 33.3 Å². The first-order valence-corrected chi connectivity index (χ1v) is 7.38. The highest BCUT2D eigenvalue weighted by molar-refractivity contribution is 6.04. The van der Waals surface area contributed by atoms with Crippen LogP contribution < -0.4 is 5.32 Å². The number of amides is 1. The van der Waals surface area contributed by atoms with Crippen molar-refractivity contribution in [2.24, 2.45) is 12.5 Å². The number of fused-ring (bicyclic) bond motifs is 1. The second kappa shape index (κ2) is 6.17. The third kappa shape index (κ3) is 2.68. The van der Waals surface area contributed by atoms with Crippen LogP contribution in [0.5, 0.6) is 0 Å². The van der Waals surface area contributed by atoms with Gasteiger partial charge >= 0.3 is 5.97 Å². The second-order valence-electron chi connectivity index (χ2n) is 5.46. The van der Waals surface area contributed by atoms with Gasteiger partial charge in [-0.3, -0.25) is 14.3 Å². The summed E-state index contributed by atoms with van der Waals surface area (Å²) in [5, 5.41) is 17.1. The summed E-state index contributed by atoms with van der Waals surface area (Å²) in [6.45, 7) is 3.74. The lowest BCUT2D eigenvalue weighted by molar-refractivity contribution is -0.149. The fraction of sp³-hybridized carbons (Fsp3) is 0.438. The van der Waals surface area contributed by atoms with E-state index in [4.69, 9.17) is 0 Å². The fourth-order valence-corrected chi connectivity index (χ4v) is 2.59. The van der Waals surface area contributed by atoms with E-state index in [1.807, 2.05) is 38.1 Å². The van der Waals surface area contributed by atoms with E-state index < -0.39 is 11.4 Å². The molecule has 0 atom stereocenters. The molecule has 0 bridgehead atoms. The molecule has 0 aliphatic carbocycles. The summed E-state index contributed by atoms with van der Waals surface area (Å²) in [5.41, 5.74) is 0.257. The average molecular weight is 303 g/mol. The second-order valence-corrected chi connectivity index (χ2v) is 5.46. The van der Waals surface area contributed by atoms with Crippen molar-refractivity contribution in [3.05, 3.63) is 30.0 Å². The molecule has 0 aliphatic rings. The molecule has 0 radical (unpaired) electrons. The van der Waals surface area contributed by atoms with Crippen LogP contribution in [0.15, 0.2) is 24.3 Å². The number of aliphatic carboxylic acids is 1. The number of carboxylic acids is 1. The normalized spacial score (nSPS) is 11.6. The largest absolute Gasteiger partial charge is 0.481 e. The maximum atomic E-state index is 12.4. The van der Waals surface area contributed by atoms with Crippen LogP contribution in [0.2, 0.25) is 0 Å². The van der Waals surface area contributed by atoms with Gasteiger partial charge < -0.3 is 10.4 Å². The number of aryl methyl sites for hydroxylation is 1. The molecule has 0 unspecified atom stereocenters. The minimum Gasteiger partial charge on any atom is -0.481 e. The Bertz CT molecular complexity index is 702. The Morgan fingerprint density at radius 3 is 2.50 bits per heavy atom. The summed E-state index contributed by atoms with van der Waals surface area (Å²) in [6, 6.07) is 7.45. The minimum atomic E-state index is -0.930. The highest BCUT2D eigenvalue weighted by Gasteiger charge is 2.35. The maximum Gasteiger partial charge on any atom is 0.311 e. The molecule has 22 heavy (non-hydrogen) atoms. The van der Waals surface area contributed by atoms with E-state index in [0.29, 0.717) is 18.5 Å². The number of carbonyl (C=O) groups is 2. The van der Waals surface area contributed by atoms with E-state index in [9.17, 15) is 14.7 Å². The number of aromatic nitrogens is 2. The number of carboxylic acid groups (broad SMARTS) is 1. The SMILES string of the molecule is CCC(CC)(CNC(=O)c1nn(C)c2ccccc12)C(=O)O. The van der Waals surface area contributed by atoms with E-state index in [-0.39, 0.29) is 12.5 Å². The molecule has 0 fully saturated rings. The first kappa shape index (κ1) is 16.0. The molecule has 1 amide bonds. The van der Waals surface area contributed by atoms with Gasteiger partial charge in [0, 0.05) is 19.0 Å². The number of para-hydroxylation sites is 1. The van der Waals surface area contributed by atoms with Crippen LogP contribution in [0.1, 0.15) is 37.2 Å². The molecule has 1 aromatic carbocycles. The number of hydrogen-bond donors (Lipinski definition) is 2. The third-order valence-electron chi connectivity index (χ3n) is 4.37. The van der Waals surface area contributed by atoms with Crippen molar-refractivity contribution in [2.45, 2.75) is 26.7 Å². The topological polar surface area (TPSA) is 84.2 Å². The van der Waals surface area contributed by atoms with E-state index >= 15 is 0 Å². The van der Waals surface area contributed by atoms with Gasteiger partial charge in [-0.2, -0.15) is 5.10 Å². The molecule has 1 heterocycles. The fourth-order valence-electron chi connectivity index (χ4n) is 2.59. The van der Waals surface area contributed by atoms with Gasteiger partial charge in [0.05, 0.1) is 10.9 Å². The van der Waals surface area contributed by atoms with E-state index in [1.54, 1.807) is 11.7 Å². The first-order valence-electron chi connectivity index (χ1n) is 7.38. The Balaban J connectivity index is 2.23. The van der Waals surface area contributed by atoms with Crippen molar-refractivity contribution < 1.29 is 14.7 Å². The Labute approximate surface area is 129 Å². The lowest BCUT2D eigenvalue weighted by atomic mass is 9.82. The summed E-state index contributed by atoms with van der Waals surface area (Å²) >= 11 is 0. The van der Waals surface area contributed by atoms with Crippen LogP contribution in [0.4, 0.5) is 0 Å². The summed E-state index contributed by atoms with van der Waals surface area (Å²) < 4.78 is 1.65. The predicted molar refractivity (Wildman–Crippen MR) is 83.7 cm³/mol. The van der Waals surface area contributed by atoms with Crippen LogP contribution in [-0.2, 0) is 11.8 Å².